The smallest absolute Gasteiger partial charge is 0.171 e. The van der Waals surface area contributed by atoms with E-state index in [1.54, 1.807) is 24.5 Å². The summed E-state index contributed by atoms with van der Waals surface area (Å²) in [7, 11) is 0. The van der Waals surface area contributed by atoms with Gasteiger partial charge in [-0.05, 0) is 37.5 Å². The van der Waals surface area contributed by atoms with Gasteiger partial charge < -0.3 is 0 Å². The molecule has 1 saturated carbocycles. The van der Waals surface area contributed by atoms with E-state index in [1.807, 2.05) is 0 Å². The summed E-state index contributed by atoms with van der Waals surface area (Å²) in [5.74, 6) is 2.44. The maximum absolute atomic E-state index is 11.3. The van der Waals surface area contributed by atoms with Crippen molar-refractivity contribution < 1.29 is 4.79 Å². The van der Waals surface area contributed by atoms with Crippen LogP contribution in [0.3, 0.4) is 0 Å². The van der Waals surface area contributed by atoms with Crippen molar-refractivity contribution in [1.82, 2.24) is 4.98 Å². The first kappa shape index (κ1) is 12.7. The second-order valence-electron chi connectivity index (χ2n) is 5.47. The van der Waals surface area contributed by atoms with Crippen LogP contribution in [0.1, 0.15) is 67.1 Å². The van der Waals surface area contributed by atoms with Crippen LogP contribution in [0, 0.1) is 11.8 Å². The molecule has 3 heteroatoms. The Morgan fingerprint density at radius 2 is 2.00 bits per heavy atom. The molecule has 0 amide bonds. The van der Waals surface area contributed by atoms with Gasteiger partial charge in [-0.2, -0.15) is 0 Å². The highest BCUT2D eigenvalue weighted by Gasteiger charge is 2.26. The van der Waals surface area contributed by atoms with Crippen molar-refractivity contribution in [2.24, 2.45) is 11.8 Å². The fourth-order valence-corrected chi connectivity index (χ4v) is 3.65. The highest BCUT2D eigenvalue weighted by atomic mass is 32.1. The lowest BCUT2D eigenvalue weighted by Gasteiger charge is -2.29. The largest absolute Gasteiger partial charge is 0.294 e. The Labute approximate surface area is 107 Å². The summed E-state index contributed by atoms with van der Waals surface area (Å²) in [6.07, 6.45) is 6.87. The van der Waals surface area contributed by atoms with Gasteiger partial charge in [0.1, 0.15) is 0 Å². The molecule has 1 heterocycles. The zero-order valence-electron chi connectivity index (χ0n) is 10.9. The average molecular weight is 251 g/mol. The first-order valence-electron chi connectivity index (χ1n) is 6.54. The van der Waals surface area contributed by atoms with Crippen LogP contribution in [0.2, 0.25) is 0 Å². The van der Waals surface area contributed by atoms with Crippen LogP contribution in [-0.4, -0.2) is 10.8 Å². The second kappa shape index (κ2) is 5.30. The molecule has 0 aliphatic heterocycles. The van der Waals surface area contributed by atoms with Crippen LogP contribution < -0.4 is 0 Å². The normalized spacial score (nSPS) is 25.2. The highest BCUT2D eigenvalue weighted by molar-refractivity contribution is 7.13. The van der Waals surface area contributed by atoms with Gasteiger partial charge in [-0.15, -0.1) is 11.3 Å². The third kappa shape index (κ3) is 2.95. The summed E-state index contributed by atoms with van der Waals surface area (Å²) in [6.45, 7) is 6.26. The van der Waals surface area contributed by atoms with Crippen molar-refractivity contribution in [2.45, 2.75) is 52.4 Å². The van der Waals surface area contributed by atoms with Crippen molar-refractivity contribution in [1.29, 1.82) is 0 Å². The highest BCUT2D eigenvalue weighted by Crippen LogP contribution is 2.39. The topological polar surface area (TPSA) is 30.0 Å². The van der Waals surface area contributed by atoms with E-state index in [4.69, 9.17) is 0 Å². The standard InChI is InChI=1S/C14H21NOS/c1-9(2)11-4-6-12(7-5-11)14-15-8-13(17-14)10(3)16/h8-9,11-12H,4-7H2,1-3H3. The number of hydrogen-bond donors (Lipinski definition) is 0. The summed E-state index contributed by atoms with van der Waals surface area (Å²) in [6, 6.07) is 0. The zero-order chi connectivity index (χ0) is 12.4. The summed E-state index contributed by atoms with van der Waals surface area (Å²) in [5.41, 5.74) is 0. The molecule has 0 aromatic carbocycles. The molecular formula is C14H21NOS. The quantitative estimate of drug-likeness (QED) is 0.751. The second-order valence-corrected chi connectivity index (χ2v) is 6.54. The van der Waals surface area contributed by atoms with E-state index in [0.717, 1.165) is 16.7 Å². The third-order valence-electron chi connectivity index (χ3n) is 3.93. The van der Waals surface area contributed by atoms with E-state index in [2.05, 4.69) is 18.8 Å². The Morgan fingerprint density at radius 1 is 1.35 bits per heavy atom. The Hall–Kier alpha value is -0.700. The van der Waals surface area contributed by atoms with Gasteiger partial charge in [0.05, 0.1) is 9.88 Å². The molecule has 94 valence electrons. The van der Waals surface area contributed by atoms with E-state index >= 15 is 0 Å². The summed E-state index contributed by atoms with van der Waals surface area (Å²) < 4.78 is 0. The van der Waals surface area contributed by atoms with Crippen molar-refractivity contribution in [3.8, 4) is 0 Å². The number of carbonyl (C=O) groups is 1. The van der Waals surface area contributed by atoms with Gasteiger partial charge >= 0.3 is 0 Å². The Kier molecular flexibility index (Phi) is 3.97. The van der Waals surface area contributed by atoms with Crippen LogP contribution >= 0.6 is 11.3 Å². The molecule has 0 unspecified atom stereocenters. The molecule has 1 aliphatic rings. The molecule has 0 N–H and O–H groups in total. The number of aromatic nitrogens is 1. The molecular weight excluding hydrogens is 230 g/mol. The molecule has 2 nitrogen and oxygen atoms in total. The number of nitrogens with zero attached hydrogens (tertiary/aromatic N) is 1. The van der Waals surface area contributed by atoms with Gasteiger partial charge in [0.15, 0.2) is 5.78 Å². The van der Waals surface area contributed by atoms with E-state index in [-0.39, 0.29) is 5.78 Å². The first-order valence-corrected chi connectivity index (χ1v) is 7.36. The lowest BCUT2D eigenvalue weighted by molar-refractivity contribution is 0.102. The number of carbonyl (C=O) groups excluding carboxylic acids is 1. The zero-order valence-corrected chi connectivity index (χ0v) is 11.7. The van der Waals surface area contributed by atoms with Gasteiger partial charge in [0, 0.05) is 19.0 Å². The monoisotopic (exact) mass is 251 g/mol. The minimum Gasteiger partial charge on any atom is -0.294 e. The predicted octanol–water partition coefficient (Wildman–Crippen LogP) is 4.28. The molecule has 2 rings (SSSR count). The van der Waals surface area contributed by atoms with E-state index in [9.17, 15) is 4.79 Å². The third-order valence-corrected chi connectivity index (χ3v) is 5.20. The number of thiazole rings is 1. The van der Waals surface area contributed by atoms with Gasteiger partial charge in [0.2, 0.25) is 0 Å². The summed E-state index contributed by atoms with van der Waals surface area (Å²) in [5, 5.41) is 1.18. The number of ketones is 1. The molecule has 17 heavy (non-hydrogen) atoms. The lowest BCUT2D eigenvalue weighted by Crippen LogP contribution is -2.17. The minimum absolute atomic E-state index is 0.143. The summed E-state index contributed by atoms with van der Waals surface area (Å²) >= 11 is 1.60. The van der Waals surface area contributed by atoms with E-state index in [0.29, 0.717) is 5.92 Å². The molecule has 0 radical (unpaired) electrons. The minimum atomic E-state index is 0.143. The SMILES string of the molecule is CC(=O)c1cnc(C2CCC(C(C)C)CC2)s1. The summed E-state index contributed by atoms with van der Waals surface area (Å²) in [4.78, 5) is 16.5. The van der Waals surface area contributed by atoms with Crippen LogP contribution in [0.25, 0.3) is 0 Å². The van der Waals surface area contributed by atoms with Gasteiger partial charge in [-0.25, -0.2) is 4.98 Å². The number of hydrogen-bond acceptors (Lipinski definition) is 3. The molecule has 1 aliphatic carbocycles. The Bertz CT molecular complexity index is 389. The molecule has 0 saturated heterocycles. The first-order chi connectivity index (χ1) is 8.08. The molecule has 1 aromatic heterocycles. The molecule has 1 fully saturated rings. The van der Waals surface area contributed by atoms with Crippen LogP contribution in [0.5, 0.6) is 0 Å². The molecule has 0 atom stereocenters. The van der Waals surface area contributed by atoms with Gasteiger partial charge in [-0.3, -0.25) is 4.79 Å². The predicted molar refractivity (Wildman–Crippen MR) is 71.7 cm³/mol. The molecule has 0 bridgehead atoms. The van der Waals surface area contributed by atoms with E-state index in [1.165, 1.54) is 30.7 Å². The van der Waals surface area contributed by atoms with Crippen molar-refractivity contribution in [3.63, 3.8) is 0 Å². The van der Waals surface area contributed by atoms with Crippen LogP contribution in [0.4, 0.5) is 0 Å². The van der Waals surface area contributed by atoms with Gasteiger partial charge in [-0.1, -0.05) is 13.8 Å². The molecule has 0 spiro atoms. The Morgan fingerprint density at radius 3 is 2.47 bits per heavy atom. The fraction of sp³-hybridized carbons (Fsp3) is 0.714. The van der Waals surface area contributed by atoms with Gasteiger partial charge in [0.25, 0.3) is 0 Å². The Balaban J connectivity index is 1.98. The van der Waals surface area contributed by atoms with E-state index < -0.39 is 0 Å². The fourth-order valence-electron chi connectivity index (χ4n) is 2.67. The van der Waals surface area contributed by atoms with Crippen molar-refractivity contribution in [3.05, 3.63) is 16.1 Å². The van der Waals surface area contributed by atoms with Crippen LogP contribution in [-0.2, 0) is 0 Å². The maximum atomic E-state index is 11.3. The van der Waals surface area contributed by atoms with Crippen LogP contribution in [0.15, 0.2) is 6.20 Å². The maximum Gasteiger partial charge on any atom is 0.171 e. The van der Waals surface area contributed by atoms with Crippen molar-refractivity contribution in [2.75, 3.05) is 0 Å². The molecule has 1 aromatic rings. The number of Topliss-reactive ketones (excluding diaryl/α,β-unsaturated/α-hetero) is 1. The van der Waals surface area contributed by atoms with Crippen molar-refractivity contribution >= 4 is 17.1 Å². The number of rotatable bonds is 3. The lowest BCUT2D eigenvalue weighted by atomic mass is 9.77. The average Bonchev–Trinajstić information content (AvgIpc) is 2.78.